The molecule has 0 saturated heterocycles. The Kier molecular flexibility index (Phi) is 7.26. The Balaban J connectivity index is 2.13. The molecule has 0 aliphatic heterocycles. The average molecular weight is 418 g/mol. The van der Waals surface area contributed by atoms with Crippen molar-refractivity contribution in [2.45, 2.75) is 13.3 Å². The maximum absolute atomic E-state index is 13.2. The molecule has 0 unspecified atom stereocenters. The molecule has 1 N–H and O–H groups in total. The van der Waals surface area contributed by atoms with E-state index in [1.807, 2.05) is 6.92 Å². The van der Waals surface area contributed by atoms with E-state index < -0.39 is 17.6 Å². The molecular formula is C18H16Cl3FN2O2. The zero-order chi connectivity index (χ0) is 19.3. The highest BCUT2D eigenvalue weighted by Crippen LogP contribution is 2.25. The standard InChI is InChI=1S/C18H16Cl3FN2O2/c1-2-7-24(18(26)13-5-4-12(22)9-14(13)20)10-17(25)23-16-6-3-11(19)8-15(16)21/h3-6,8-9H,2,7,10H2,1H3,(H,23,25). The molecule has 0 aliphatic rings. The average Bonchev–Trinajstić information content (AvgIpc) is 2.56. The summed E-state index contributed by atoms with van der Waals surface area (Å²) in [5, 5.41) is 3.38. The van der Waals surface area contributed by atoms with E-state index in [1.165, 1.54) is 17.0 Å². The molecule has 4 nitrogen and oxygen atoms in total. The number of hydrogen-bond donors (Lipinski definition) is 1. The fourth-order valence-corrected chi connectivity index (χ4v) is 3.01. The Morgan fingerprint density at radius 3 is 2.42 bits per heavy atom. The van der Waals surface area contributed by atoms with Gasteiger partial charge in [-0.15, -0.1) is 0 Å². The molecule has 0 atom stereocenters. The molecule has 0 heterocycles. The second-order valence-electron chi connectivity index (χ2n) is 5.52. The number of rotatable bonds is 6. The molecule has 0 saturated carbocycles. The van der Waals surface area contributed by atoms with E-state index in [2.05, 4.69) is 5.32 Å². The number of nitrogens with zero attached hydrogens (tertiary/aromatic N) is 1. The molecule has 0 bridgehead atoms. The SMILES string of the molecule is CCCN(CC(=O)Nc1ccc(Cl)cc1Cl)C(=O)c1ccc(F)cc1Cl. The topological polar surface area (TPSA) is 49.4 Å². The lowest BCUT2D eigenvalue weighted by Gasteiger charge is -2.22. The first kappa shape index (κ1) is 20.5. The zero-order valence-electron chi connectivity index (χ0n) is 13.9. The lowest BCUT2D eigenvalue weighted by atomic mass is 10.2. The van der Waals surface area contributed by atoms with Crippen molar-refractivity contribution in [3.05, 3.63) is 62.8 Å². The van der Waals surface area contributed by atoms with E-state index in [-0.39, 0.29) is 17.1 Å². The fraction of sp³-hybridized carbons (Fsp3) is 0.222. The summed E-state index contributed by atoms with van der Waals surface area (Å²) in [4.78, 5) is 26.3. The Morgan fingerprint density at radius 1 is 1.08 bits per heavy atom. The van der Waals surface area contributed by atoms with Crippen LogP contribution in [0.25, 0.3) is 0 Å². The second kappa shape index (κ2) is 9.21. The summed E-state index contributed by atoms with van der Waals surface area (Å²) < 4.78 is 13.2. The highest BCUT2D eigenvalue weighted by Gasteiger charge is 2.21. The summed E-state index contributed by atoms with van der Waals surface area (Å²) in [6.45, 7) is 2.02. The van der Waals surface area contributed by atoms with Gasteiger partial charge in [0.05, 0.1) is 21.3 Å². The van der Waals surface area contributed by atoms with E-state index in [4.69, 9.17) is 34.8 Å². The molecule has 2 rings (SSSR count). The zero-order valence-corrected chi connectivity index (χ0v) is 16.1. The predicted molar refractivity (Wildman–Crippen MR) is 103 cm³/mol. The number of carbonyl (C=O) groups excluding carboxylic acids is 2. The van der Waals surface area contributed by atoms with E-state index in [0.717, 1.165) is 12.1 Å². The number of carbonyl (C=O) groups is 2. The third-order valence-electron chi connectivity index (χ3n) is 3.48. The Bertz CT molecular complexity index is 830. The van der Waals surface area contributed by atoms with Crippen LogP contribution in [0, 0.1) is 5.82 Å². The first-order valence-electron chi connectivity index (χ1n) is 7.81. The molecule has 0 radical (unpaired) electrons. The van der Waals surface area contributed by atoms with E-state index >= 15 is 0 Å². The molecule has 26 heavy (non-hydrogen) atoms. The first-order chi connectivity index (χ1) is 12.3. The van der Waals surface area contributed by atoms with Gasteiger partial charge in [-0.05, 0) is 42.8 Å². The number of halogens is 4. The van der Waals surface area contributed by atoms with Crippen LogP contribution in [-0.4, -0.2) is 29.8 Å². The second-order valence-corrected chi connectivity index (χ2v) is 6.77. The van der Waals surface area contributed by atoms with Gasteiger partial charge in [0.2, 0.25) is 5.91 Å². The van der Waals surface area contributed by atoms with Crippen molar-refractivity contribution in [3.8, 4) is 0 Å². The van der Waals surface area contributed by atoms with Gasteiger partial charge in [0.15, 0.2) is 0 Å². The van der Waals surface area contributed by atoms with Crippen LogP contribution in [0.15, 0.2) is 36.4 Å². The molecule has 2 amide bonds. The largest absolute Gasteiger partial charge is 0.329 e. The first-order valence-corrected chi connectivity index (χ1v) is 8.94. The van der Waals surface area contributed by atoms with Gasteiger partial charge < -0.3 is 10.2 Å². The molecule has 8 heteroatoms. The van der Waals surface area contributed by atoms with Crippen LogP contribution in [0.1, 0.15) is 23.7 Å². The lowest BCUT2D eigenvalue weighted by Crippen LogP contribution is -2.38. The third kappa shape index (κ3) is 5.34. The van der Waals surface area contributed by atoms with E-state index in [0.29, 0.717) is 28.7 Å². The summed E-state index contributed by atoms with van der Waals surface area (Å²) in [7, 11) is 0. The van der Waals surface area contributed by atoms with Crippen molar-refractivity contribution in [2.24, 2.45) is 0 Å². The molecule has 2 aromatic carbocycles. The molecule has 0 aliphatic carbocycles. The van der Waals surface area contributed by atoms with Gasteiger partial charge in [-0.3, -0.25) is 9.59 Å². The Hall–Kier alpha value is -1.82. The van der Waals surface area contributed by atoms with E-state index in [1.54, 1.807) is 12.1 Å². The van der Waals surface area contributed by atoms with Crippen LogP contribution < -0.4 is 5.32 Å². The summed E-state index contributed by atoms with van der Waals surface area (Å²) >= 11 is 17.8. The van der Waals surface area contributed by atoms with Crippen molar-refractivity contribution in [2.75, 3.05) is 18.4 Å². The summed E-state index contributed by atoms with van der Waals surface area (Å²) in [5.74, 6) is -1.41. The van der Waals surface area contributed by atoms with Gasteiger partial charge in [0, 0.05) is 11.6 Å². The van der Waals surface area contributed by atoms with Gasteiger partial charge in [0.25, 0.3) is 5.91 Å². The number of benzene rings is 2. The molecule has 2 aromatic rings. The van der Waals surface area contributed by atoms with Gasteiger partial charge in [-0.25, -0.2) is 4.39 Å². The maximum Gasteiger partial charge on any atom is 0.255 e. The molecular weight excluding hydrogens is 402 g/mol. The van der Waals surface area contributed by atoms with Crippen LogP contribution in [0.3, 0.4) is 0 Å². The minimum atomic E-state index is -0.538. The lowest BCUT2D eigenvalue weighted by molar-refractivity contribution is -0.116. The van der Waals surface area contributed by atoms with E-state index in [9.17, 15) is 14.0 Å². The minimum absolute atomic E-state index is 0.00254. The highest BCUT2D eigenvalue weighted by atomic mass is 35.5. The maximum atomic E-state index is 13.2. The molecule has 0 aromatic heterocycles. The van der Waals surface area contributed by atoms with Gasteiger partial charge in [-0.2, -0.15) is 0 Å². The van der Waals surface area contributed by atoms with Gasteiger partial charge in [-0.1, -0.05) is 41.7 Å². The quantitative estimate of drug-likeness (QED) is 0.695. The third-order valence-corrected chi connectivity index (χ3v) is 4.34. The monoisotopic (exact) mass is 416 g/mol. The summed E-state index contributed by atoms with van der Waals surface area (Å²) in [5.41, 5.74) is 0.531. The van der Waals surface area contributed by atoms with Crippen molar-refractivity contribution < 1.29 is 14.0 Å². The Morgan fingerprint density at radius 2 is 1.81 bits per heavy atom. The molecule has 0 spiro atoms. The summed E-state index contributed by atoms with van der Waals surface area (Å²) in [6.07, 6.45) is 0.638. The van der Waals surface area contributed by atoms with Crippen LogP contribution in [0.4, 0.5) is 10.1 Å². The number of anilines is 1. The van der Waals surface area contributed by atoms with Crippen molar-refractivity contribution in [3.63, 3.8) is 0 Å². The number of hydrogen-bond acceptors (Lipinski definition) is 2. The minimum Gasteiger partial charge on any atom is -0.329 e. The van der Waals surface area contributed by atoms with Crippen LogP contribution in [0.5, 0.6) is 0 Å². The smallest absolute Gasteiger partial charge is 0.255 e. The normalized spacial score (nSPS) is 10.5. The van der Waals surface area contributed by atoms with Crippen LogP contribution in [0.2, 0.25) is 15.1 Å². The number of nitrogens with one attached hydrogen (secondary N) is 1. The van der Waals surface area contributed by atoms with Crippen LogP contribution >= 0.6 is 34.8 Å². The highest BCUT2D eigenvalue weighted by molar-refractivity contribution is 6.36. The molecule has 0 fully saturated rings. The summed E-state index contributed by atoms with van der Waals surface area (Å²) in [6, 6.07) is 8.19. The predicted octanol–water partition coefficient (Wildman–Crippen LogP) is 5.28. The van der Waals surface area contributed by atoms with Gasteiger partial charge >= 0.3 is 0 Å². The van der Waals surface area contributed by atoms with Crippen molar-refractivity contribution >= 4 is 52.3 Å². The van der Waals surface area contributed by atoms with Crippen molar-refractivity contribution in [1.82, 2.24) is 4.90 Å². The van der Waals surface area contributed by atoms with Crippen LogP contribution in [-0.2, 0) is 4.79 Å². The Labute approximate surface area is 165 Å². The van der Waals surface area contributed by atoms with Crippen molar-refractivity contribution in [1.29, 1.82) is 0 Å². The molecule has 138 valence electrons. The van der Waals surface area contributed by atoms with Gasteiger partial charge in [0.1, 0.15) is 12.4 Å². The number of amides is 2. The fourth-order valence-electron chi connectivity index (χ4n) is 2.31.